The summed E-state index contributed by atoms with van der Waals surface area (Å²) in [6.07, 6.45) is 1.04. The second-order valence-corrected chi connectivity index (χ2v) is 9.80. The van der Waals surface area contributed by atoms with E-state index in [4.69, 9.17) is 19.2 Å². The number of methoxy groups -OCH3 is 1. The lowest BCUT2D eigenvalue weighted by Gasteiger charge is -2.30. The van der Waals surface area contributed by atoms with Gasteiger partial charge < -0.3 is 19.1 Å². The van der Waals surface area contributed by atoms with Gasteiger partial charge in [-0.15, -0.1) is 0 Å². The summed E-state index contributed by atoms with van der Waals surface area (Å²) >= 11 is 0. The molecule has 1 saturated heterocycles. The lowest BCUT2D eigenvalue weighted by molar-refractivity contribution is -0.151. The van der Waals surface area contributed by atoms with Crippen LogP contribution in [-0.4, -0.2) is 70.9 Å². The van der Waals surface area contributed by atoms with Crippen molar-refractivity contribution in [3.63, 3.8) is 0 Å². The first-order valence-corrected chi connectivity index (χ1v) is 13.6. The summed E-state index contributed by atoms with van der Waals surface area (Å²) in [5.41, 5.74) is 3.51. The Balaban J connectivity index is 1.41. The van der Waals surface area contributed by atoms with Gasteiger partial charge in [-0.2, -0.15) is 5.10 Å². The van der Waals surface area contributed by atoms with Crippen LogP contribution in [0, 0.1) is 12.8 Å². The number of ether oxygens (including phenoxy) is 3. The highest BCUT2D eigenvalue weighted by molar-refractivity contribution is 6.05. The number of likely N-dealkylation sites (tertiary alicyclic amines) is 1. The molecule has 212 valence electrons. The predicted octanol–water partition coefficient (Wildman–Crippen LogP) is 4.36. The Morgan fingerprint density at radius 2 is 1.68 bits per heavy atom. The summed E-state index contributed by atoms with van der Waals surface area (Å²) < 4.78 is 17.6. The second kappa shape index (κ2) is 12.2. The third kappa shape index (κ3) is 5.91. The van der Waals surface area contributed by atoms with Gasteiger partial charge in [-0.25, -0.2) is 14.5 Å². The Labute approximate surface area is 237 Å². The van der Waals surface area contributed by atoms with Gasteiger partial charge in [0.2, 0.25) is 0 Å². The van der Waals surface area contributed by atoms with Gasteiger partial charge in [-0.1, -0.05) is 18.2 Å². The van der Waals surface area contributed by atoms with Crippen molar-refractivity contribution in [2.24, 2.45) is 5.92 Å². The largest absolute Gasteiger partial charge is 0.497 e. The Morgan fingerprint density at radius 1 is 0.976 bits per heavy atom. The fraction of sp³-hybridized carbons (Fsp3) is 0.323. The van der Waals surface area contributed by atoms with Crippen LogP contribution in [0.1, 0.15) is 35.8 Å². The number of benzene rings is 2. The molecule has 2 aromatic carbocycles. The molecule has 1 aliphatic heterocycles. The topological polar surface area (TPSA) is 113 Å². The molecule has 0 N–H and O–H groups in total. The van der Waals surface area contributed by atoms with Gasteiger partial charge in [-0.3, -0.25) is 9.59 Å². The molecule has 1 fully saturated rings. The lowest BCUT2D eigenvalue weighted by Crippen LogP contribution is -2.42. The zero-order valence-electron chi connectivity index (χ0n) is 23.3. The van der Waals surface area contributed by atoms with Gasteiger partial charge in [0.25, 0.3) is 5.91 Å². The summed E-state index contributed by atoms with van der Waals surface area (Å²) in [6.45, 7) is 4.33. The normalized spacial score (nSPS) is 13.7. The van der Waals surface area contributed by atoms with Crippen LogP contribution in [0.3, 0.4) is 0 Å². The lowest BCUT2D eigenvalue weighted by atomic mass is 9.97. The second-order valence-electron chi connectivity index (χ2n) is 9.80. The summed E-state index contributed by atoms with van der Waals surface area (Å²) in [5.74, 6) is -0.695. The average Bonchev–Trinajstić information content (AvgIpc) is 3.36. The van der Waals surface area contributed by atoms with Crippen molar-refractivity contribution in [2.45, 2.75) is 26.7 Å². The van der Waals surface area contributed by atoms with E-state index in [1.165, 1.54) is 0 Å². The van der Waals surface area contributed by atoms with Crippen molar-refractivity contribution in [3.05, 3.63) is 71.9 Å². The van der Waals surface area contributed by atoms with Crippen LogP contribution < -0.4 is 4.74 Å². The van der Waals surface area contributed by atoms with Crippen molar-refractivity contribution < 1.29 is 28.6 Å². The third-order valence-electron chi connectivity index (χ3n) is 7.21. The molecule has 0 bridgehead atoms. The van der Waals surface area contributed by atoms with E-state index in [9.17, 15) is 14.4 Å². The number of carbonyl (C=O) groups is 3. The maximum Gasteiger partial charge on any atom is 0.339 e. The molecule has 0 aliphatic carbocycles. The minimum atomic E-state index is -0.641. The predicted molar refractivity (Wildman–Crippen MR) is 152 cm³/mol. The molecule has 4 aromatic rings. The van der Waals surface area contributed by atoms with Crippen molar-refractivity contribution in [2.75, 3.05) is 33.4 Å². The van der Waals surface area contributed by atoms with Crippen LogP contribution in [-0.2, 0) is 19.1 Å². The Kier molecular flexibility index (Phi) is 8.28. The van der Waals surface area contributed by atoms with E-state index < -0.39 is 12.6 Å². The SMILES string of the molecule is CCOC(=O)C1CCN(C(=O)COC(=O)c2cc(-c3ccc(OC)cc3)nc3c2c(C)nn3-c2ccccc2)CC1. The number of hydrogen-bond donors (Lipinski definition) is 0. The van der Waals surface area contributed by atoms with Crippen molar-refractivity contribution in [1.29, 1.82) is 0 Å². The number of piperidine rings is 1. The molecule has 0 saturated carbocycles. The molecule has 0 unspecified atom stereocenters. The van der Waals surface area contributed by atoms with Crippen LogP contribution in [0.25, 0.3) is 28.0 Å². The highest BCUT2D eigenvalue weighted by Gasteiger charge is 2.29. The molecular weight excluding hydrogens is 524 g/mol. The summed E-state index contributed by atoms with van der Waals surface area (Å²) in [5, 5.41) is 5.24. The van der Waals surface area contributed by atoms with Crippen LogP contribution in [0.5, 0.6) is 5.75 Å². The van der Waals surface area contributed by atoms with Crippen LogP contribution >= 0.6 is 0 Å². The first-order valence-electron chi connectivity index (χ1n) is 13.6. The maximum absolute atomic E-state index is 13.5. The minimum Gasteiger partial charge on any atom is -0.497 e. The number of hydrogen-bond acceptors (Lipinski definition) is 8. The molecule has 5 rings (SSSR count). The quantitative estimate of drug-likeness (QED) is 0.294. The van der Waals surface area contributed by atoms with Crippen LogP contribution in [0.15, 0.2) is 60.7 Å². The first-order chi connectivity index (χ1) is 19.9. The zero-order valence-corrected chi connectivity index (χ0v) is 23.3. The first kappa shape index (κ1) is 27.8. The number of fused-ring (bicyclic) bond motifs is 1. The van der Waals surface area contributed by atoms with Gasteiger partial charge in [0.1, 0.15) is 5.75 Å². The molecule has 2 aromatic heterocycles. The fourth-order valence-corrected chi connectivity index (χ4v) is 5.03. The highest BCUT2D eigenvalue weighted by atomic mass is 16.5. The van der Waals surface area contributed by atoms with E-state index in [1.54, 1.807) is 29.7 Å². The number of nitrogens with zero attached hydrogens (tertiary/aromatic N) is 4. The number of pyridine rings is 1. The molecule has 10 heteroatoms. The number of aryl methyl sites for hydroxylation is 1. The summed E-state index contributed by atoms with van der Waals surface area (Å²) in [4.78, 5) is 44.9. The van der Waals surface area contributed by atoms with E-state index in [2.05, 4.69) is 5.10 Å². The Bertz CT molecular complexity index is 1560. The summed E-state index contributed by atoms with van der Waals surface area (Å²) in [7, 11) is 1.60. The molecule has 1 amide bonds. The number of rotatable bonds is 8. The van der Waals surface area contributed by atoms with Gasteiger partial charge in [0.15, 0.2) is 12.3 Å². The minimum absolute atomic E-state index is 0.216. The number of amides is 1. The zero-order chi connectivity index (χ0) is 28.9. The maximum atomic E-state index is 13.5. The van der Waals surface area contributed by atoms with E-state index in [0.29, 0.717) is 60.7 Å². The number of para-hydroxylation sites is 1. The van der Waals surface area contributed by atoms with E-state index in [-0.39, 0.29) is 23.4 Å². The molecule has 3 heterocycles. The average molecular weight is 557 g/mol. The van der Waals surface area contributed by atoms with E-state index >= 15 is 0 Å². The molecule has 1 aliphatic rings. The van der Waals surface area contributed by atoms with E-state index in [1.807, 2.05) is 61.5 Å². The standard InChI is InChI=1S/C31H32N4O6/c1-4-40-30(37)22-14-16-34(17-15-22)27(36)19-41-31(38)25-18-26(21-10-12-24(39-3)13-11-21)32-29-28(25)20(2)33-35(29)23-8-6-5-7-9-23/h5-13,18,22H,4,14-17,19H2,1-3H3. The highest BCUT2D eigenvalue weighted by Crippen LogP contribution is 2.30. The fourth-order valence-electron chi connectivity index (χ4n) is 5.03. The smallest absolute Gasteiger partial charge is 0.339 e. The van der Waals surface area contributed by atoms with E-state index in [0.717, 1.165) is 11.3 Å². The van der Waals surface area contributed by atoms with Crippen molar-refractivity contribution >= 4 is 28.9 Å². The molecular formula is C31H32N4O6. The molecule has 41 heavy (non-hydrogen) atoms. The third-order valence-corrected chi connectivity index (χ3v) is 7.21. The van der Waals surface area contributed by atoms with Crippen LogP contribution in [0.2, 0.25) is 0 Å². The Morgan fingerprint density at radius 3 is 2.34 bits per heavy atom. The number of aromatic nitrogens is 3. The van der Waals surface area contributed by atoms with Gasteiger partial charge in [-0.05, 0) is 69.2 Å². The van der Waals surface area contributed by atoms with Crippen molar-refractivity contribution in [3.8, 4) is 22.7 Å². The molecule has 10 nitrogen and oxygen atoms in total. The van der Waals surface area contributed by atoms with Gasteiger partial charge in [0.05, 0.1) is 47.7 Å². The van der Waals surface area contributed by atoms with Gasteiger partial charge in [0, 0.05) is 18.7 Å². The molecule has 0 spiro atoms. The number of carbonyl (C=O) groups excluding carboxylic acids is 3. The number of esters is 2. The van der Waals surface area contributed by atoms with Crippen LogP contribution in [0.4, 0.5) is 0 Å². The Hall–Kier alpha value is -4.73. The van der Waals surface area contributed by atoms with Gasteiger partial charge >= 0.3 is 11.9 Å². The summed E-state index contributed by atoms with van der Waals surface area (Å²) in [6, 6.07) is 18.6. The molecule has 0 atom stereocenters. The monoisotopic (exact) mass is 556 g/mol. The van der Waals surface area contributed by atoms with Crippen molar-refractivity contribution in [1.82, 2.24) is 19.7 Å². The molecule has 0 radical (unpaired) electrons.